The van der Waals surface area contributed by atoms with E-state index in [0.29, 0.717) is 18.9 Å². The highest BCUT2D eigenvalue weighted by atomic mass is 19.1. The minimum absolute atomic E-state index is 0.0166. The van der Waals surface area contributed by atoms with Gasteiger partial charge in [0, 0.05) is 44.2 Å². The number of benzene rings is 1. The van der Waals surface area contributed by atoms with Gasteiger partial charge >= 0.3 is 0 Å². The first-order valence-electron chi connectivity index (χ1n) is 9.29. The fourth-order valence-electron chi connectivity index (χ4n) is 3.37. The van der Waals surface area contributed by atoms with Gasteiger partial charge < -0.3 is 15.5 Å². The molecular formula is C19H25F2N3O2. The highest BCUT2D eigenvalue weighted by molar-refractivity contribution is 5.94. The molecule has 0 atom stereocenters. The molecule has 0 radical (unpaired) electrons. The van der Waals surface area contributed by atoms with Crippen molar-refractivity contribution in [1.82, 2.24) is 15.5 Å². The van der Waals surface area contributed by atoms with Gasteiger partial charge in [-0.2, -0.15) is 0 Å². The molecule has 2 amide bonds. The summed E-state index contributed by atoms with van der Waals surface area (Å²) in [4.78, 5) is 26.4. The number of likely N-dealkylation sites (tertiary alicyclic amines) is 1. The van der Waals surface area contributed by atoms with Crippen LogP contribution >= 0.6 is 0 Å². The van der Waals surface area contributed by atoms with Gasteiger partial charge in [-0.3, -0.25) is 9.59 Å². The molecule has 7 heteroatoms. The van der Waals surface area contributed by atoms with Gasteiger partial charge in [0.1, 0.15) is 11.6 Å². The molecule has 1 aromatic carbocycles. The first kappa shape index (κ1) is 18.8. The molecule has 2 N–H and O–H groups in total. The second-order valence-corrected chi connectivity index (χ2v) is 7.09. The Balaban J connectivity index is 1.30. The summed E-state index contributed by atoms with van der Waals surface area (Å²) in [5.41, 5.74) is -0.196. The first-order valence-corrected chi connectivity index (χ1v) is 9.29. The zero-order valence-corrected chi connectivity index (χ0v) is 14.8. The molecule has 1 aliphatic heterocycles. The third kappa shape index (κ3) is 5.24. The molecule has 5 nitrogen and oxygen atoms in total. The van der Waals surface area contributed by atoms with Crippen molar-refractivity contribution in [3.8, 4) is 0 Å². The monoisotopic (exact) mass is 365 g/mol. The number of piperidine rings is 1. The van der Waals surface area contributed by atoms with Crippen molar-refractivity contribution in [2.45, 2.75) is 50.6 Å². The van der Waals surface area contributed by atoms with Crippen LogP contribution in [-0.2, 0) is 4.79 Å². The maximum absolute atomic E-state index is 13.5. The van der Waals surface area contributed by atoms with Gasteiger partial charge in [0.15, 0.2) is 0 Å². The molecular weight excluding hydrogens is 340 g/mol. The van der Waals surface area contributed by atoms with E-state index in [1.54, 1.807) is 0 Å². The number of carbonyl (C=O) groups excluding carboxylic acids is 2. The maximum Gasteiger partial charge on any atom is 0.254 e. The number of amides is 2. The third-order valence-electron chi connectivity index (χ3n) is 5.00. The largest absolute Gasteiger partial charge is 0.353 e. The maximum atomic E-state index is 13.5. The van der Waals surface area contributed by atoms with Crippen molar-refractivity contribution in [2.24, 2.45) is 0 Å². The summed E-state index contributed by atoms with van der Waals surface area (Å²) in [5, 5.41) is 5.61. The highest BCUT2D eigenvalue weighted by Gasteiger charge is 2.31. The second kappa shape index (κ2) is 8.58. The minimum atomic E-state index is -0.891. The number of nitrogens with one attached hydrogen (secondary N) is 2. The molecule has 0 spiro atoms. The van der Waals surface area contributed by atoms with Gasteiger partial charge in [0.2, 0.25) is 5.91 Å². The zero-order chi connectivity index (χ0) is 18.5. The van der Waals surface area contributed by atoms with Crippen LogP contribution < -0.4 is 10.6 Å². The predicted octanol–water partition coefficient (Wildman–Crippen LogP) is 2.22. The van der Waals surface area contributed by atoms with Crippen LogP contribution in [0.5, 0.6) is 0 Å². The Hall–Kier alpha value is -2.02. The van der Waals surface area contributed by atoms with Gasteiger partial charge in [-0.1, -0.05) is 0 Å². The minimum Gasteiger partial charge on any atom is -0.353 e. The van der Waals surface area contributed by atoms with E-state index in [1.165, 1.54) is 12.8 Å². The van der Waals surface area contributed by atoms with E-state index in [-0.39, 0.29) is 24.1 Å². The van der Waals surface area contributed by atoms with Gasteiger partial charge in [-0.05, 0) is 44.2 Å². The van der Waals surface area contributed by atoms with Crippen LogP contribution in [0.1, 0.15) is 48.9 Å². The Labute approximate surface area is 152 Å². The molecule has 2 fully saturated rings. The molecule has 0 bridgehead atoms. The number of nitrogens with zero attached hydrogens (tertiary/aromatic N) is 1. The summed E-state index contributed by atoms with van der Waals surface area (Å²) in [5.74, 6) is -2.23. The van der Waals surface area contributed by atoms with Crippen LogP contribution in [-0.4, -0.2) is 48.4 Å². The third-order valence-corrected chi connectivity index (χ3v) is 5.00. The smallest absolute Gasteiger partial charge is 0.254 e. The molecule has 26 heavy (non-hydrogen) atoms. The van der Waals surface area contributed by atoms with Crippen LogP contribution in [0.25, 0.3) is 0 Å². The Morgan fingerprint density at radius 1 is 1.12 bits per heavy atom. The fourth-order valence-corrected chi connectivity index (χ4v) is 3.37. The fraction of sp³-hybridized carbons (Fsp3) is 0.579. The zero-order valence-electron chi connectivity index (χ0n) is 14.8. The number of carbonyl (C=O) groups is 2. The molecule has 0 aromatic heterocycles. The average molecular weight is 365 g/mol. The van der Waals surface area contributed by atoms with Gasteiger partial charge in [0.05, 0.1) is 5.56 Å². The van der Waals surface area contributed by atoms with E-state index in [1.807, 2.05) is 0 Å². The summed E-state index contributed by atoms with van der Waals surface area (Å²) < 4.78 is 26.4. The van der Waals surface area contributed by atoms with Crippen molar-refractivity contribution in [3.05, 3.63) is 35.4 Å². The molecule has 1 saturated carbocycles. The first-order chi connectivity index (χ1) is 12.5. The van der Waals surface area contributed by atoms with Crippen molar-refractivity contribution in [3.63, 3.8) is 0 Å². The quantitative estimate of drug-likeness (QED) is 0.729. The highest BCUT2D eigenvalue weighted by Crippen LogP contribution is 2.29. The summed E-state index contributed by atoms with van der Waals surface area (Å²) in [6, 6.07) is 3.85. The van der Waals surface area contributed by atoms with Crippen LogP contribution in [0.4, 0.5) is 8.78 Å². The Bertz CT molecular complexity index is 656. The summed E-state index contributed by atoms with van der Waals surface area (Å²) in [7, 11) is 0. The topological polar surface area (TPSA) is 61.4 Å². The lowest BCUT2D eigenvalue weighted by Crippen LogP contribution is -2.45. The van der Waals surface area contributed by atoms with Crippen LogP contribution in [0.2, 0.25) is 0 Å². The SMILES string of the molecule is O=C(CCCNC(=O)c1ccc(F)cc1F)NC1CCN(C2CC2)CC1. The molecule has 1 aliphatic carbocycles. The standard InChI is InChI=1S/C19H25F2N3O2/c20-13-3-6-16(17(21)12-13)19(26)22-9-1-2-18(25)23-14-7-10-24(11-8-14)15-4-5-15/h3,6,12,14-15H,1-2,4-5,7-11H2,(H,22,26)(H,23,25). The van der Waals surface area contributed by atoms with Crippen molar-refractivity contribution in [2.75, 3.05) is 19.6 Å². The molecule has 142 valence electrons. The van der Waals surface area contributed by atoms with E-state index in [0.717, 1.165) is 44.1 Å². The van der Waals surface area contributed by atoms with Crippen LogP contribution in [0.3, 0.4) is 0 Å². The van der Waals surface area contributed by atoms with Crippen molar-refractivity contribution >= 4 is 11.8 Å². The normalized spacial score (nSPS) is 18.5. The molecule has 1 aromatic rings. The van der Waals surface area contributed by atoms with Crippen LogP contribution in [0, 0.1) is 11.6 Å². The van der Waals surface area contributed by atoms with E-state index < -0.39 is 17.5 Å². The molecule has 3 rings (SSSR count). The summed E-state index contributed by atoms with van der Waals surface area (Å²) in [6.45, 7) is 2.37. The average Bonchev–Trinajstić information content (AvgIpc) is 3.44. The second-order valence-electron chi connectivity index (χ2n) is 7.09. The molecule has 0 unspecified atom stereocenters. The number of hydrogen-bond donors (Lipinski definition) is 2. The lowest BCUT2D eigenvalue weighted by molar-refractivity contribution is -0.122. The van der Waals surface area contributed by atoms with E-state index >= 15 is 0 Å². The van der Waals surface area contributed by atoms with Crippen molar-refractivity contribution < 1.29 is 18.4 Å². The predicted molar refractivity (Wildman–Crippen MR) is 93.7 cm³/mol. The van der Waals surface area contributed by atoms with Gasteiger partial charge in [-0.15, -0.1) is 0 Å². The van der Waals surface area contributed by atoms with E-state index in [4.69, 9.17) is 0 Å². The van der Waals surface area contributed by atoms with E-state index in [9.17, 15) is 18.4 Å². The summed E-state index contributed by atoms with van der Waals surface area (Å²) in [6.07, 6.45) is 5.39. The Morgan fingerprint density at radius 3 is 2.50 bits per heavy atom. The lowest BCUT2D eigenvalue weighted by atomic mass is 10.0. The molecule has 1 saturated heterocycles. The molecule has 2 aliphatic rings. The number of halogens is 2. The molecule has 1 heterocycles. The van der Waals surface area contributed by atoms with Crippen molar-refractivity contribution in [1.29, 1.82) is 0 Å². The summed E-state index contributed by atoms with van der Waals surface area (Å²) >= 11 is 0. The number of rotatable bonds is 7. The van der Waals surface area contributed by atoms with Gasteiger partial charge in [0.25, 0.3) is 5.91 Å². The van der Waals surface area contributed by atoms with E-state index in [2.05, 4.69) is 15.5 Å². The lowest BCUT2D eigenvalue weighted by Gasteiger charge is -2.32. The van der Waals surface area contributed by atoms with Gasteiger partial charge in [-0.25, -0.2) is 8.78 Å². The Morgan fingerprint density at radius 2 is 1.85 bits per heavy atom. The number of hydrogen-bond acceptors (Lipinski definition) is 3. The Kier molecular flexibility index (Phi) is 6.19. The van der Waals surface area contributed by atoms with Crippen LogP contribution in [0.15, 0.2) is 18.2 Å².